The van der Waals surface area contributed by atoms with Gasteiger partial charge in [-0.1, -0.05) is 11.6 Å². The number of anilines is 1. The molecule has 1 amide bonds. The maximum Gasteiger partial charge on any atom is 0.260 e. The third kappa shape index (κ3) is 2.36. The number of hydrogen-bond donors (Lipinski definition) is 0. The van der Waals surface area contributed by atoms with Crippen LogP contribution in [0.3, 0.4) is 0 Å². The van der Waals surface area contributed by atoms with Gasteiger partial charge in [-0.25, -0.2) is 4.39 Å². The van der Waals surface area contributed by atoms with Crippen molar-refractivity contribution in [3.63, 3.8) is 0 Å². The smallest absolute Gasteiger partial charge is 0.260 e. The molecule has 6 heteroatoms. The molecule has 0 N–H and O–H groups in total. The number of rotatable bonds is 2. The summed E-state index contributed by atoms with van der Waals surface area (Å²) in [5.74, 6) is -0.378. The first-order chi connectivity index (χ1) is 11.6. The first-order valence-corrected chi connectivity index (χ1v) is 7.69. The number of fused-ring (bicyclic) bond motifs is 1. The maximum absolute atomic E-state index is 13.4. The number of nitrogens with zero attached hydrogens (tertiary/aromatic N) is 4. The quantitative estimate of drug-likeness (QED) is 0.729. The molecule has 0 saturated carbocycles. The molecule has 4 rings (SSSR count). The van der Waals surface area contributed by atoms with E-state index in [1.807, 2.05) is 25.1 Å². The molecule has 2 aromatic carbocycles. The Hall–Kier alpha value is -3.02. The van der Waals surface area contributed by atoms with E-state index in [1.165, 1.54) is 12.1 Å². The Kier molecular flexibility index (Phi) is 3.37. The summed E-state index contributed by atoms with van der Waals surface area (Å²) in [5, 5.41) is 7.62. The summed E-state index contributed by atoms with van der Waals surface area (Å²) in [7, 11) is 0. The molecule has 5 nitrogen and oxygen atoms in total. The molecule has 3 aromatic rings. The highest BCUT2D eigenvalue weighted by molar-refractivity contribution is 6.09. The average molecular weight is 322 g/mol. The van der Waals surface area contributed by atoms with Crippen LogP contribution in [-0.4, -0.2) is 27.2 Å². The van der Waals surface area contributed by atoms with Gasteiger partial charge in [0.15, 0.2) is 0 Å². The molecule has 0 radical (unpaired) electrons. The fourth-order valence-corrected chi connectivity index (χ4v) is 3.10. The highest BCUT2D eigenvalue weighted by Crippen LogP contribution is 2.31. The average Bonchev–Trinajstić information content (AvgIpc) is 3.23. The molecular weight excluding hydrogens is 307 g/mol. The number of hydrogen-bond acceptors (Lipinski definition) is 3. The zero-order valence-electron chi connectivity index (χ0n) is 13.1. The number of carbonyl (C=O) groups is 1. The van der Waals surface area contributed by atoms with Crippen molar-refractivity contribution in [2.75, 3.05) is 11.4 Å². The molecule has 1 aliphatic rings. The molecule has 0 bridgehead atoms. The van der Waals surface area contributed by atoms with Gasteiger partial charge in [0.2, 0.25) is 0 Å². The first kappa shape index (κ1) is 14.6. The number of aryl methyl sites for hydroxylation is 1. The third-order valence-electron chi connectivity index (χ3n) is 4.26. The fourth-order valence-electron chi connectivity index (χ4n) is 3.10. The standard InChI is InChI=1S/C18H15FN4O/c1-12-2-4-17(22-10-20-21-11-22)15(8-12)18(24)23-7-6-13-9-14(19)3-5-16(13)23/h2-5,8-11H,6-7H2,1H3. The molecule has 0 atom stereocenters. The molecule has 2 heterocycles. The van der Waals surface area contributed by atoms with Crippen LogP contribution >= 0.6 is 0 Å². The topological polar surface area (TPSA) is 51.0 Å². The summed E-state index contributed by atoms with van der Waals surface area (Å²) in [6.45, 7) is 2.49. The summed E-state index contributed by atoms with van der Waals surface area (Å²) >= 11 is 0. The predicted molar refractivity (Wildman–Crippen MR) is 87.9 cm³/mol. The van der Waals surface area contributed by atoms with Crippen LogP contribution in [0.25, 0.3) is 5.69 Å². The second-order valence-electron chi connectivity index (χ2n) is 5.87. The monoisotopic (exact) mass is 322 g/mol. The summed E-state index contributed by atoms with van der Waals surface area (Å²) in [5.41, 5.74) is 3.94. The lowest BCUT2D eigenvalue weighted by atomic mass is 10.1. The van der Waals surface area contributed by atoms with E-state index in [0.29, 0.717) is 18.5 Å². The minimum atomic E-state index is -0.274. The first-order valence-electron chi connectivity index (χ1n) is 7.69. The van der Waals surface area contributed by atoms with Gasteiger partial charge in [0.05, 0.1) is 11.3 Å². The van der Waals surface area contributed by atoms with Gasteiger partial charge in [-0.05, 0) is 49.2 Å². The molecule has 0 saturated heterocycles. The van der Waals surface area contributed by atoms with Gasteiger partial charge in [-0.2, -0.15) is 0 Å². The van der Waals surface area contributed by atoms with Crippen molar-refractivity contribution in [1.29, 1.82) is 0 Å². The van der Waals surface area contributed by atoms with E-state index in [-0.39, 0.29) is 11.7 Å². The molecule has 24 heavy (non-hydrogen) atoms. The number of amides is 1. The number of carbonyl (C=O) groups excluding carboxylic acids is 1. The minimum absolute atomic E-state index is 0.104. The van der Waals surface area contributed by atoms with E-state index in [2.05, 4.69) is 10.2 Å². The van der Waals surface area contributed by atoms with Gasteiger partial charge < -0.3 is 4.90 Å². The highest BCUT2D eigenvalue weighted by Gasteiger charge is 2.27. The van der Waals surface area contributed by atoms with Gasteiger partial charge >= 0.3 is 0 Å². The SMILES string of the molecule is Cc1ccc(-n2cnnc2)c(C(=O)N2CCc3cc(F)ccc32)c1. The van der Waals surface area contributed by atoms with Crippen LogP contribution in [-0.2, 0) is 6.42 Å². The Labute approximate surface area is 138 Å². The fraction of sp³-hybridized carbons (Fsp3) is 0.167. The van der Waals surface area contributed by atoms with Crippen LogP contribution in [0.15, 0.2) is 49.1 Å². The normalized spacial score (nSPS) is 13.2. The van der Waals surface area contributed by atoms with Gasteiger partial charge in [-0.3, -0.25) is 9.36 Å². The summed E-state index contributed by atoms with van der Waals surface area (Å²) in [4.78, 5) is 14.8. The lowest BCUT2D eigenvalue weighted by Gasteiger charge is -2.20. The van der Waals surface area contributed by atoms with E-state index in [9.17, 15) is 9.18 Å². The summed E-state index contributed by atoms with van der Waals surface area (Å²) in [6, 6.07) is 10.2. The van der Waals surface area contributed by atoms with Gasteiger partial charge in [0, 0.05) is 12.2 Å². The third-order valence-corrected chi connectivity index (χ3v) is 4.26. The van der Waals surface area contributed by atoms with Crippen molar-refractivity contribution in [1.82, 2.24) is 14.8 Å². The van der Waals surface area contributed by atoms with Crippen molar-refractivity contribution in [3.05, 3.63) is 71.6 Å². The van der Waals surface area contributed by atoms with Crippen LogP contribution < -0.4 is 4.90 Å². The second-order valence-corrected chi connectivity index (χ2v) is 5.87. The molecule has 0 unspecified atom stereocenters. The molecule has 0 spiro atoms. The summed E-state index contributed by atoms with van der Waals surface area (Å²) in [6.07, 6.45) is 3.79. The van der Waals surface area contributed by atoms with Crippen LogP contribution in [0.2, 0.25) is 0 Å². The Morgan fingerprint density at radius 1 is 1.08 bits per heavy atom. The van der Waals surface area contributed by atoms with E-state index >= 15 is 0 Å². The van der Waals surface area contributed by atoms with Crippen LogP contribution in [0.5, 0.6) is 0 Å². The molecular formula is C18H15FN4O. The Bertz CT molecular complexity index is 921. The molecule has 1 aliphatic heterocycles. The van der Waals surface area contributed by atoms with E-state index < -0.39 is 0 Å². The van der Waals surface area contributed by atoms with E-state index in [0.717, 1.165) is 22.5 Å². The highest BCUT2D eigenvalue weighted by atomic mass is 19.1. The Balaban J connectivity index is 1.78. The minimum Gasteiger partial charge on any atom is -0.308 e. The second kappa shape index (κ2) is 5.56. The lowest BCUT2D eigenvalue weighted by molar-refractivity contribution is 0.0989. The van der Waals surface area contributed by atoms with Crippen LogP contribution in [0.4, 0.5) is 10.1 Å². The molecule has 120 valence electrons. The largest absolute Gasteiger partial charge is 0.308 e. The zero-order valence-corrected chi connectivity index (χ0v) is 13.1. The van der Waals surface area contributed by atoms with Crippen molar-refractivity contribution in [3.8, 4) is 5.69 Å². The van der Waals surface area contributed by atoms with Crippen molar-refractivity contribution in [2.24, 2.45) is 0 Å². The summed E-state index contributed by atoms with van der Waals surface area (Å²) < 4.78 is 15.1. The predicted octanol–water partition coefficient (Wildman–Crippen LogP) is 2.92. The van der Waals surface area contributed by atoms with E-state index in [4.69, 9.17) is 0 Å². The number of halogens is 1. The zero-order chi connectivity index (χ0) is 16.7. The van der Waals surface area contributed by atoms with Crippen molar-refractivity contribution >= 4 is 11.6 Å². The lowest BCUT2D eigenvalue weighted by Crippen LogP contribution is -2.29. The van der Waals surface area contributed by atoms with E-state index in [1.54, 1.807) is 28.2 Å². The van der Waals surface area contributed by atoms with Gasteiger partial charge in [0.25, 0.3) is 5.91 Å². The molecule has 1 aromatic heterocycles. The Morgan fingerprint density at radius 3 is 2.62 bits per heavy atom. The Morgan fingerprint density at radius 2 is 1.83 bits per heavy atom. The number of benzene rings is 2. The van der Waals surface area contributed by atoms with Gasteiger partial charge in [-0.15, -0.1) is 10.2 Å². The van der Waals surface area contributed by atoms with Crippen molar-refractivity contribution in [2.45, 2.75) is 13.3 Å². The van der Waals surface area contributed by atoms with Crippen LogP contribution in [0.1, 0.15) is 21.5 Å². The molecule has 0 aliphatic carbocycles. The van der Waals surface area contributed by atoms with Gasteiger partial charge in [0.1, 0.15) is 18.5 Å². The molecule has 0 fully saturated rings. The van der Waals surface area contributed by atoms with Crippen molar-refractivity contribution < 1.29 is 9.18 Å². The maximum atomic E-state index is 13.4. The number of aromatic nitrogens is 3. The van der Waals surface area contributed by atoms with Crippen LogP contribution in [0, 0.1) is 12.7 Å².